The first-order valence-electron chi connectivity index (χ1n) is 19.2. The molecule has 310 valence electrons. The third-order valence-corrected chi connectivity index (χ3v) is 9.18. The van der Waals surface area contributed by atoms with Crippen molar-refractivity contribution in [2.75, 3.05) is 40.5 Å². The number of benzene rings is 4. The van der Waals surface area contributed by atoms with E-state index in [1.165, 1.54) is 14.2 Å². The van der Waals surface area contributed by atoms with Crippen molar-refractivity contribution in [2.24, 2.45) is 32.9 Å². The Kier molecular flexibility index (Phi) is 17.4. The van der Waals surface area contributed by atoms with Crippen LogP contribution in [0, 0.1) is 0 Å². The van der Waals surface area contributed by atoms with Crippen LogP contribution < -0.4 is 43.0 Å². The summed E-state index contributed by atoms with van der Waals surface area (Å²) in [6, 6.07) is 22.1. The Hall–Kier alpha value is -6.58. The minimum absolute atomic E-state index is 0.0448. The van der Waals surface area contributed by atoms with Gasteiger partial charge in [0.25, 0.3) is 0 Å². The predicted molar refractivity (Wildman–Crippen MR) is 224 cm³/mol. The van der Waals surface area contributed by atoms with E-state index in [0.717, 1.165) is 32.7 Å². The molecule has 0 unspecified atom stereocenters. The lowest BCUT2D eigenvalue weighted by atomic mass is 9.92. The van der Waals surface area contributed by atoms with E-state index >= 15 is 0 Å². The van der Waals surface area contributed by atoms with Gasteiger partial charge in [-0.2, -0.15) is 0 Å². The summed E-state index contributed by atoms with van der Waals surface area (Å²) in [5.41, 5.74) is 23.2. The number of fused-ring (bicyclic) bond motifs is 2. The van der Waals surface area contributed by atoms with Crippen LogP contribution in [0.4, 0.5) is 0 Å². The summed E-state index contributed by atoms with van der Waals surface area (Å²) < 4.78 is 22.6. The van der Waals surface area contributed by atoms with Crippen LogP contribution in [0.5, 0.6) is 11.5 Å². The molecule has 4 rings (SSSR count). The van der Waals surface area contributed by atoms with Crippen molar-refractivity contribution < 1.29 is 38.1 Å². The second-order valence-electron chi connectivity index (χ2n) is 13.4. The lowest BCUT2D eigenvalue weighted by molar-refractivity contribution is -0.145. The van der Waals surface area contributed by atoms with Crippen molar-refractivity contribution in [2.45, 2.75) is 63.5 Å². The van der Waals surface area contributed by atoms with Gasteiger partial charge in [-0.1, -0.05) is 60.7 Å². The Balaban J connectivity index is 1.48. The molecule has 10 N–H and O–H groups in total. The highest BCUT2D eigenvalue weighted by atomic mass is 16.5. The second-order valence-corrected chi connectivity index (χ2v) is 13.4. The van der Waals surface area contributed by atoms with E-state index in [0.29, 0.717) is 63.1 Å². The molecule has 0 aliphatic carbocycles. The Bertz CT molecular complexity index is 1930. The molecular formula is C42H54N8O8. The molecule has 16 nitrogen and oxygen atoms in total. The average Bonchev–Trinajstić information content (AvgIpc) is 3.22. The molecule has 2 atom stereocenters. The van der Waals surface area contributed by atoms with Crippen LogP contribution in [0.25, 0.3) is 32.7 Å². The number of nitrogens with two attached hydrogens (primary N) is 4. The number of ether oxygens (including phenoxy) is 4. The van der Waals surface area contributed by atoms with Crippen molar-refractivity contribution in [1.82, 2.24) is 10.6 Å². The molecule has 0 saturated carbocycles. The highest BCUT2D eigenvalue weighted by Crippen LogP contribution is 2.45. The fourth-order valence-corrected chi connectivity index (χ4v) is 6.41. The highest BCUT2D eigenvalue weighted by Gasteiger charge is 2.23. The van der Waals surface area contributed by atoms with Gasteiger partial charge < -0.3 is 52.5 Å². The minimum Gasteiger partial charge on any atom is -0.493 e. The molecule has 0 aliphatic heterocycles. The molecule has 2 amide bonds. The fourth-order valence-electron chi connectivity index (χ4n) is 6.41. The summed E-state index contributed by atoms with van der Waals surface area (Å²) in [6.07, 6.45) is 2.53. The lowest BCUT2D eigenvalue weighted by Gasteiger charge is -2.20. The van der Waals surface area contributed by atoms with Crippen LogP contribution in [-0.2, 0) is 28.7 Å². The molecule has 0 aliphatic rings. The van der Waals surface area contributed by atoms with Crippen molar-refractivity contribution in [3.63, 3.8) is 0 Å². The molecule has 16 heteroatoms. The molecule has 4 aromatic carbocycles. The van der Waals surface area contributed by atoms with Gasteiger partial charge in [0.05, 0.1) is 27.4 Å². The van der Waals surface area contributed by atoms with Crippen molar-refractivity contribution in [1.29, 1.82) is 0 Å². The number of esters is 2. The fraction of sp³-hybridized carbons (Fsp3) is 0.381. The quantitative estimate of drug-likeness (QED) is 0.0273. The van der Waals surface area contributed by atoms with Crippen molar-refractivity contribution >= 4 is 57.2 Å². The molecule has 0 saturated heterocycles. The van der Waals surface area contributed by atoms with Gasteiger partial charge in [0, 0.05) is 37.1 Å². The zero-order chi connectivity index (χ0) is 41.9. The summed E-state index contributed by atoms with van der Waals surface area (Å²) >= 11 is 0. The number of nitrogens with zero attached hydrogens (tertiary/aromatic N) is 2. The summed E-state index contributed by atoms with van der Waals surface area (Å²) in [7, 11) is 2.54. The van der Waals surface area contributed by atoms with E-state index in [1.54, 1.807) is 0 Å². The largest absolute Gasteiger partial charge is 0.493 e. The van der Waals surface area contributed by atoms with Gasteiger partial charge in [-0.15, -0.1) is 0 Å². The molecule has 0 radical (unpaired) electrons. The van der Waals surface area contributed by atoms with Gasteiger partial charge in [-0.05, 0) is 72.2 Å². The number of hydrogen-bond donors (Lipinski definition) is 6. The number of guanidine groups is 2. The van der Waals surface area contributed by atoms with Crippen LogP contribution in [0.3, 0.4) is 0 Å². The first kappa shape index (κ1) is 44.1. The average molecular weight is 799 g/mol. The van der Waals surface area contributed by atoms with Gasteiger partial charge in [0.1, 0.15) is 23.6 Å². The van der Waals surface area contributed by atoms with Crippen molar-refractivity contribution in [3.8, 4) is 22.6 Å². The van der Waals surface area contributed by atoms with E-state index in [9.17, 15) is 19.2 Å². The maximum atomic E-state index is 12.9. The molecule has 0 aromatic heterocycles. The van der Waals surface area contributed by atoms with Gasteiger partial charge in [-0.25, -0.2) is 9.59 Å². The smallest absolute Gasteiger partial charge is 0.328 e. The molecule has 0 fully saturated rings. The first-order chi connectivity index (χ1) is 28.0. The van der Waals surface area contributed by atoms with Gasteiger partial charge in [-0.3, -0.25) is 19.6 Å². The Morgan fingerprint density at radius 1 is 0.569 bits per heavy atom. The first-order valence-corrected chi connectivity index (χ1v) is 19.2. The number of carbonyl (C=O) groups excluding carboxylic acids is 4. The summed E-state index contributed by atoms with van der Waals surface area (Å²) in [5.74, 6) is -0.630. The third kappa shape index (κ3) is 13.3. The van der Waals surface area contributed by atoms with E-state index in [-0.39, 0.29) is 49.8 Å². The van der Waals surface area contributed by atoms with Crippen LogP contribution in [0.1, 0.15) is 51.4 Å². The number of rotatable bonds is 23. The topological polar surface area (TPSA) is 258 Å². The normalized spacial score (nSPS) is 11.8. The van der Waals surface area contributed by atoms with Crippen LogP contribution in [0.15, 0.2) is 82.8 Å². The zero-order valence-electron chi connectivity index (χ0n) is 33.0. The van der Waals surface area contributed by atoms with E-state index < -0.39 is 24.0 Å². The second kappa shape index (κ2) is 22.8. The predicted octanol–water partition coefficient (Wildman–Crippen LogP) is 3.40. The summed E-state index contributed by atoms with van der Waals surface area (Å²) in [5, 5.41) is 9.36. The number of methoxy groups -OCH3 is 2. The summed E-state index contributed by atoms with van der Waals surface area (Å²) in [4.78, 5) is 58.3. The monoisotopic (exact) mass is 798 g/mol. The van der Waals surface area contributed by atoms with E-state index in [4.69, 9.17) is 41.9 Å². The number of aliphatic imine (C=N–C) groups is 2. The maximum Gasteiger partial charge on any atom is 0.328 e. The van der Waals surface area contributed by atoms with Gasteiger partial charge in [0.15, 0.2) is 11.9 Å². The Morgan fingerprint density at radius 2 is 0.966 bits per heavy atom. The number of amides is 2. The lowest BCUT2D eigenvalue weighted by Crippen LogP contribution is -2.41. The maximum absolute atomic E-state index is 12.9. The number of nitrogens with one attached hydrogen (secondary N) is 2. The summed E-state index contributed by atoms with van der Waals surface area (Å²) in [6.45, 7) is 1.06. The van der Waals surface area contributed by atoms with Crippen molar-refractivity contribution in [3.05, 3.63) is 72.8 Å². The zero-order valence-corrected chi connectivity index (χ0v) is 33.0. The molecule has 58 heavy (non-hydrogen) atoms. The minimum atomic E-state index is -0.830. The molecular weight excluding hydrogens is 745 g/mol. The van der Waals surface area contributed by atoms with E-state index in [2.05, 4.69) is 20.6 Å². The van der Waals surface area contributed by atoms with Crippen LogP contribution in [-0.4, -0.2) is 88.3 Å². The highest BCUT2D eigenvalue weighted by molar-refractivity contribution is 6.09. The van der Waals surface area contributed by atoms with Gasteiger partial charge >= 0.3 is 11.9 Å². The number of carbonyl (C=O) groups is 4. The molecule has 0 heterocycles. The van der Waals surface area contributed by atoms with Crippen LogP contribution >= 0.6 is 0 Å². The molecule has 0 bridgehead atoms. The van der Waals surface area contributed by atoms with E-state index in [1.807, 2.05) is 72.8 Å². The number of hydrogen-bond acceptors (Lipinski definition) is 10. The van der Waals surface area contributed by atoms with Gasteiger partial charge in [0.2, 0.25) is 11.8 Å². The molecule has 4 aromatic rings. The Morgan fingerprint density at radius 3 is 1.34 bits per heavy atom. The van der Waals surface area contributed by atoms with Crippen LogP contribution in [0.2, 0.25) is 0 Å². The third-order valence-electron chi connectivity index (χ3n) is 9.18. The standard InChI is InChI=1S/C42H54N8O8/c1-55-39(53)31(15-7-23-47-41(43)44)49-35(51)17-9-25-57-33-21-19-27-11-3-5-13-29(27)37(33)38-30-14-6-4-12-28(30)20-22-34(38)58-26-10-18-36(52)50-32(40(54)56-2)16-8-24-48-42(45)46/h3-6,11-14,19-22,31-32H,7-10,15-18,23-26H2,1-2H3,(H,49,51)(H,50,52)(H4,43,44,47)(H4,45,46,48)/t31-,32-/m1/s1. The Labute approximate surface area is 337 Å². The SMILES string of the molecule is COC(=O)[C@@H](CCCN=C(N)N)NC(=O)CCCOc1ccc2ccccc2c1-c1c(OCCCC(=O)N[C@H](CCCN=C(N)N)C(=O)OC)ccc2ccccc12. The molecule has 0 spiro atoms.